The first-order valence-corrected chi connectivity index (χ1v) is 5.15. The smallest absolute Gasteiger partial charge is 0.148 e. The van der Waals surface area contributed by atoms with Crippen LogP contribution < -0.4 is 5.32 Å². The van der Waals surface area contributed by atoms with E-state index in [9.17, 15) is 4.39 Å². The number of anilines is 2. The molecule has 0 saturated heterocycles. The normalized spacial score (nSPS) is 9.71. The first-order valence-electron chi connectivity index (χ1n) is 4.78. The van der Waals surface area contributed by atoms with Gasteiger partial charge in [-0.15, -0.1) is 0 Å². The molecule has 0 saturated carbocycles. The molecule has 0 unspecified atom stereocenters. The first kappa shape index (κ1) is 11.4. The van der Waals surface area contributed by atoms with Crippen molar-refractivity contribution in [2.45, 2.75) is 0 Å². The van der Waals surface area contributed by atoms with Crippen molar-refractivity contribution in [3.05, 3.63) is 52.9 Å². The van der Waals surface area contributed by atoms with Gasteiger partial charge in [0, 0.05) is 6.20 Å². The number of pyridine rings is 1. The van der Waals surface area contributed by atoms with E-state index in [2.05, 4.69) is 10.3 Å². The van der Waals surface area contributed by atoms with E-state index >= 15 is 0 Å². The Morgan fingerprint density at radius 2 is 2.18 bits per heavy atom. The molecule has 1 N–H and O–H groups in total. The molecule has 5 heteroatoms. The number of hydrogen-bond donors (Lipinski definition) is 1. The van der Waals surface area contributed by atoms with E-state index in [0.717, 1.165) is 0 Å². The molecule has 1 aromatic carbocycles. The van der Waals surface area contributed by atoms with E-state index < -0.39 is 5.82 Å². The Bertz CT molecular complexity index is 593. The maximum absolute atomic E-state index is 12.9. The van der Waals surface area contributed by atoms with Gasteiger partial charge in [-0.25, -0.2) is 9.37 Å². The number of nitrogens with zero attached hydrogens (tertiary/aromatic N) is 2. The SMILES string of the molecule is N#Cc1cccnc1Nc1ccc(F)cc1Cl. The minimum atomic E-state index is -0.415. The first-order chi connectivity index (χ1) is 8.20. The van der Waals surface area contributed by atoms with Crippen LogP contribution in [0.3, 0.4) is 0 Å². The Morgan fingerprint density at radius 3 is 2.88 bits per heavy atom. The molecule has 0 radical (unpaired) electrons. The van der Waals surface area contributed by atoms with E-state index in [-0.39, 0.29) is 5.02 Å². The summed E-state index contributed by atoms with van der Waals surface area (Å²) in [5.74, 6) is -0.0226. The second kappa shape index (κ2) is 4.81. The number of halogens is 2. The summed E-state index contributed by atoms with van der Waals surface area (Å²) in [5.41, 5.74) is 0.899. The molecule has 1 aromatic heterocycles. The average Bonchev–Trinajstić information content (AvgIpc) is 2.33. The molecule has 2 aromatic rings. The summed E-state index contributed by atoms with van der Waals surface area (Å²) in [4.78, 5) is 4.02. The maximum Gasteiger partial charge on any atom is 0.148 e. The Morgan fingerprint density at radius 1 is 1.35 bits per heavy atom. The van der Waals surface area contributed by atoms with Gasteiger partial charge in [-0.2, -0.15) is 5.26 Å². The van der Waals surface area contributed by atoms with Crippen molar-refractivity contribution in [1.29, 1.82) is 5.26 Å². The highest BCUT2D eigenvalue weighted by molar-refractivity contribution is 6.33. The third kappa shape index (κ3) is 2.52. The minimum absolute atomic E-state index is 0.236. The summed E-state index contributed by atoms with van der Waals surface area (Å²) in [6, 6.07) is 9.27. The lowest BCUT2D eigenvalue weighted by Crippen LogP contribution is -1.97. The monoisotopic (exact) mass is 247 g/mol. The van der Waals surface area contributed by atoms with Gasteiger partial charge in [-0.3, -0.25) is 0 Å². The molecule has 3 nitrogen and oxygen atoms in total. The second-order valence-corrected chi connectivity index (χ2v) is 3.67. The lowest BCUT2D eigenvalue weighted by Gasteiger charge is -2.08. The van der Waals surface area contributed by atoms with Crippen molar-refractivity contribution < 1.29 is 4.39 Å². The average molecular weight is 248 g/mol. The third-order valence-electron chi connectivity index (χ3n) is 2.11. The highest BCUT2D eigenvalue weighted by Crippen LogP contribution is 2.26. The fraction of sp³-hybridized carbons (Fsp3) is 0. The number of benzene rings is 1. The van der Waals surface area contributed by atoms with Gasteiger partial charge < -0.3 is 5.32 Å². The highest BCUT2D eigenvalue weighted by atomic mass is 35.5. The largest absolute Gasteiger partial charge is 0.338 e. The molecule has 0 aliphatic heterocycles. The fourth-order valence-electron chi connectivity index (χ4n) is 1.31. The fourth-order valence-corrected chi connectivity index (χ4v) is 1.53. The van der Waals surface area contributed by atoms with Crippen molar-refractivity contribution in [3.63, 3.8) is 0 Å². The van der Waals surface area contributed by atoms with E-state index in [1.54, 1.807) is 18.3 Å². The molecule has 0 aliphatic rings. The summed E-state index contributed by atoms with van der Waals surface area (Å²) >= 11 is 5.86. The van der Waals surface area contributed by atoms with E-state index in [0.29, 0.717) is 17.1 Å². The van der Waals surface area contributed by atoms with E-state index in [1.165, 1.54) is 18.2 Å². The molecule has 0 spiro atoms. The van der Waals surface area contributed by atoms with Gasteiger partial charge in [0.15, 0.2) is 0 Å². The van der Waals surface area contributed by atoms with Gasteiger partial charge in [0.25, 0.3) is 0 Å². The molecule has 0 bridgehead atoms. The zero-order valence-corrected chi connectivity index (χ0v) is 9.37. The second-order valence-electron chi connectivity index (χ2n) is 3.26. The van der Waals surface area contributed by atoms with Crippen LogP contribution in [0.4, 0.5) is 15.9 Å². The van der Waals surface area contributed by atoms with Crippen molar-refractivity contribution in [2.24, 2.45) is 0 Å². The van der Waals surface area contributed by atoms with Crippen LogP contribution in [-0.2, 0) is 0 Å². The highest BCUT2D eigenvalue weighted by Gasteiger charge is 2.06. The number of rotatable bonds is 2. The number of aromatic nitrogens is 1. The molecule has 1 heterocycles. The number of hydrogen-bond acceptors (Lipinski definition) is 3. The van der Waals surface area contributed by atoms with Crippen molar-refractivity contribution >= 4 is 23.1 Å². The van der Waals surface area contributed by atoms with Gasteiger partial charge in [-0.1, -0.05) is 11.6 Å². The van der Waals surface area contributed by atoms with Crippen molar-refractivity contribution in [3.8, 4) is 6.07 Å². The summed E-state index contributed by atoms with van der Waals surface area (Å²) in [7, 11) is 0. The molecule has 0 aliphatic carbocycles. The zero-order chi connectivity index (χ0) is 12.3. The van der Waals surface area contributed by atoms with Crippen LogP contribution in [0.2, 0.25) is 5.02 Å². The van der Waals surface area contributed by atoms with Crippen LogP contribution in [0, 0.1) is 17.1 Å². The molecule has 0 fully saturated rings. The number of nitriles is 1. The van der Waals surface area contributed by atoms with Crippen LogP contribution in [0.5, 0.6) is 0 Å². The van der Waals surface area contributed by atoms with Crippen LogP contribution in [0.15, 0.2) is 36.5 Å². The van der Waals surface area contributed by atoms with Crippen LogP contribution in [0.25, 0.3) is 0 Å². The summed E-state index contributed by atoms with van der Waals surface area (Å²) in [6.07, 6.45) is 1.56. The van der Waals surface area contributed by atoms with Crippen molar-refractivity contribution in [2.75, 3.05) is 5.32 Å². The molecule has 84 valence electrons. The molecule has 2 rings (SSSR count). The van der Waals surface area contributed by atoms with Gasteiger partial charge in [0.05, 0.1) is 16.3 Å². The molecule has 0 amide bonds. The van der Waals surface area contributed by atoms with Crippen LogP contribution >= 0.6 is 11.6 Å². The van der Waals surface area contributed by atoms with Crippen molar-refractivity contribution in [1.82, 2.24) is 4.98 Å². The zero-order valence-electron chi connectivity index (χ0n) is 8.61. The van der Waals surface area contributed by atoms with Crippen LogP contribution in [0.1, 0.15) is 5.56 Å². The van der Waals surface area contributed by atoms with Gasteiger partial charge in [0.2, 0.25) is 0 Å². The predicted molar refractivity (Wildman–Crippen MR) is 63.6 cm³/mol. The Labute approximate surface area is 102 Å². The standard InChI is InChI=1S/C12H7ClFN3/c13-10-6-9(14)3-4-11(10)17-12-8(7-15)2-1-5-16-12/h1-6H,(H,16,17). The number of nitrogens with one attached hydrogen (secondary N) is 1. The molecular weight excluding hydrogens is 241 g/mol. The topological polar surface area (TPSA) is 48.7 Å². The molecule has 17 heavy (non-hydrogen) atoms. The third-order valence-corrected chi connectivity index (χ3v) is 2.43. The molecular formula is C12H7ClFN3. The Hall–Kier alpha value is -2.12. The quantitative estimate of drug-likeness (QED) is 0.884. The van der Waals surface area contributed by atoms with Crippen LogP contribution in [-0.4, -0.2) is 4.98 Å². The Balaban J connectivity index is 2.35. The maximum atomic E-state index is 12.9. The van der Waals surface area contributed by atoms with E-state index in [4.69, 9.17) is 16.9 Å². The summed E-state index contributed by atoms with van der Waals surface area (Å²) in [6.45, 7) is 0. The predicted octanol–water partition coefficient (Wildman–Crippen LogP) is 3.49. The van der Waals surface area contributed by atoms with Gasteiger partial charge in [0.1, 0.15) is 17.7 Å². The summed E-state index contributed by atoms with van der Waals surface area (Å²) in [5, 5.41) is 12.0. The molecule has 0 atom stereocenters. The van der Waals surface area contributed by atoms with Gasteiger partial charge >= 0.3 is 0 Å². The van der Waals surface area contributed by atoms with E-state index in [1.807, 2.05) is 6.07 Å². The lowest BCUT2D eigenvalue weighted by atomic mass is 10.2. The van der Waals surface area contributed by atoms with Gasteiger partial charge in [-0.05, 0) is 30.3 Å². The Kier molecular flexibility index (Phi) is 3.22. The summed E-state index contributed by atoms with van der Waals surface area (Å²) < 4.78 is 12.9. The minimum Gasteiger partial charge on any atom is -0.338 e. The lowest BCUT2D eigenvalue weighted by molar-refractivity contribution is 0.628.